The Bertz CT molecular complexity index is 559. The Morgan fingerprint density at radius 3 is 2.88 bits per heavy atom. The summed E-state index contributed by atoms with van der Waals surface area (Å²) in [5.41, 5.74) is 0. The number of carbonyl (C=O) groups excluding carboxylic acids is 1. The number of aryl methyl sites for hydroxylation is 1. The third-order valence-electron chi connectivity index (χ3n) is 5.54. The van der Waals surface area contributed by atoms with E-state index in [4.69, 9.17) is 4.74 Å². The summed E-state index contributed by atoms with van der Waals surface area (Å²) in [4.78, 5) is 22.1. The molecule has 1 aromatic heterocycles. The number of rotatable bonds is 4. The molecule has 3 rings (SSSR count). The number of hydrogen-bond donors (Lipinski definition) is 0. The van der Waals surface area contributed by atoms with Gasteiger partial charge in [-0.25, -0.2) is 4.98 Å². The second kappa shape index (κ2) is 7.66. The number of ether oxygens (including phenoxy) is 1. The fourth-order valence-corrected chi connectivity index (χ4v) is 3.99. The number of aromatic nitrogens is 2. The van der Waals surface area contributed by atoms with Gasteiger partial charge in [-0.3, -0.25) is 9.69 Å². The van der Waals surface area contributed by atoms with Gasteiger partial charge in [0.2, 0.25) is 5.91 Å². The van der Waals surface area contributed by atoms with Gasteiger partial charge in [-0.2, -0.15) is 0 Å². The maximum atomic E-state index is 13.0. The van der Waals surface area contributed by atoms with Gasteiger partial charge in [0.05, 0.1) is 12.1 Å². The molecule has 2 aliphatic rings. The highest BCUT2D eigenvalue weighted by Crippen LogP contribution is 2.28. The lowest BCUT2D eigenvalue weighted by Crippen LogP contribution is -2.53. The zero-order valence-electron chi connectivity index (χ0n) is 15.1. The Hall–Kier alpha value is -1.40. The third kappa shape index (κ3) is 3.49. The number of imidazole rings is 1. The summed E-state index contributed by atoms with van der Waals surface area (Å²) < 4.78 is 7.81. The molecule has 0 saturated carbocycles. The minimum absolute atomic E-state index is 0.124. The number of hydrogen-bond acceptors (Lipinski definition) is 4. The van der Waals surface area contributed by atoms with E-state index in [1.807, 2.05) is 19.4 Å². The molecule has 24 heavy (non-hydrogen) atoms. The van der Waals surface area contributed by atoms with E-state index in [9.17, 15) is 4.79 Å². The maximum absolute atomic E-state index is 13.0. The Labute approximate surface area is 144 Å². The van der Waals surface area contributed by atoms with Crippen molar-refractivity contribution in [3.05, 3.63) is 18.2 Å². The third-order valence-corrected chi connectivity index (χ3v) is 5.54. The first kappa shape index (κ1) is 17.4. The van der Waals surface area contributed by atoms with Gasteiger partial charge in [-0.05, 0) is 25.8 Å². The molecule has 6 nitrogen and oxygen atoms in total. The molecule has 3 heterocycles. The smallest absolute Gasteiger partial charge is 0.225 e. The van der Waals surface area contributed by atoms with E-state index in [-0.39, 0.29) is 18.1 Å². The fourth-order valence-electron chi connectivity index (χ4n) is 3.99. The SMILES string of the molecule is CCC1CC(C(=O)N2CCN(CC)C(c3nccn3C)C2)CCO1. The van der Waals surface area contributed by atoms with Crippen molar-refractivity contribution in [2.24, 2.45) is 13.0 Å². The molecule has 0 radical (unpaired) electrons. The molecule has 134 valence electrons. The molecule has 0 aromatic carbocycles. The molecule has 0 N–H and O–H groups in total. The Morgan fingerprint density at radius 1 is 1.38 bits per heavy atom. The van der Waals surface area contributed by atoms with Gasteiger partial charge in [0, 0.05) is 51.6 Å². The zero-order chi connectivity index (χ0) is 17.1. The first-order chi connectivity index (χ1) is 11.6. The van der Waals surface area contributed by atoms with Crippen molar-refractivity contribution in [2.75, 3.05) is 32.8 Å². The molecule has 2 saturated heterocycles. The molecule has 6 heteroatoms. The number of likely N-dealkylation sites (N-methyl/N-ethyl adjacent to an activating group) is 1. The molecule has 2 aliphatic heterocycles. The summed E-state index contributed by atoms with van der Waals surface area (Å²) in [5.74, 6) is 1.48. The Kier molecular flexibility index (Phi) is 5.56. The van der Waals surface area contributed by atoms with Crippen LogP contribution in [0, 0.1) is 5.92 Å². The van der Waals surface area contributed by atoms with Crippen LogP contribution in [0.1, 0.15) is 45.0 Å². The van der Waals surface area contributed by atoms with Gasteiger partial charge < -0.3 is 14.2 Å². The van der Waals surface area contributed by atoms with Gasteiger partial charge >= 0.3 is 0 Å². The van der Waals surface area contributed by atoms with Crippen LogP contribution >= 0.6 is 0 Å². The van der Waals surface area contributed by atoms with Crippen LogP contribution < -0.4 is 0 Å². The van der Waals surface area contributed by atoms with Crippen LogP contribution in [-0.2, 0) is 16.6 Å². The van der Waals surface area contributed by atoms with E-state index in [1.165, 1.54) is 0 Å². The van der Waals surface area contributed by atoms with Gasteiger partial charge in [0.1, 0.15) is 5.82 Å². The Balaban J connectivity index is 1.70. The molecule has 1 amide bonds. The van der Waals surface area contributed by atoms with E-state index in [0.717, 1.165) is 51.3 Å². The lowest BCUT2D eigenvalue weighted by molar-refractivity contribution is -0.144. The molecular weight excluding hydrogens is 304 g/mol. The molecule has 0 aliphatic carbocycles. The normalized spacial score (nSPS) is 29.0. The molecule has 3 atom stereocenters. The minimum Gasteiger partial charge on any atom is -0.378 e. The molecule has 0 bridgehead atoms. The summed E-state index contributed by atoms with van der Waals surface area (Å²) >= 11 is 0. The van der Waals surface area contributed by atoms with Crippen molar-refractivity contribution in [1.29, 1.82) is 0 Å². The van der Waals surface area contributed by atoms with E-state index in [0.29, 0.717) is 12.5 Å². The van der Waals surface area contributed by atoms with E-state index in [2.05, 4.69) is 33.2 Å². The quantitative estimate of drug-likeness (QED) is 0.843. The van der Waals surface area contributed by atoms with E-state index < -0.39 is 0 Å². The Morgan fingerprint density at radius 2 is 2.21 bits per heavy atom. The second-order valence-electron chi connectivity index (χ2n) is 6.95. The van der Waals surface area contributed by atoms with E-state index in [1.54, 1.807) is 0 Å². The van der Waals surface area contributed by atoms with Crippen LogP contribution in [0.3, 0.4) is 0 Å². The first-order valence-corrected chi connectivity index (χ1v) is 9.25. The van der Waals surface area contributed by atoms with Gasteiger partial charge in [0.15, 0.2) is 0 Å². The van der Waals surface area contributed by atoms with Crippen LogP contribution in [0.4, 0.5) is 0 Å². The summed E-state index contributed by atoms with van der Waals surface area (Å²) in [6, 6.07) is 0.189. The number of piperazine rings is 1. The molecule has 3 unspecified atom stereocenters. The number of nitrogens with zero attached hydrogens (tertiary/aromatic N) is 4. The van der Waals surface area contributed by atoms with Crippen molar-refractivity contribution < 1.29 is 9.53 Å². The monoisotopic (exact) mass is 334 g/mol. The van der Waals surface area contributed by atoms with Crippen molar-refractivity contribution in [3.8, 4) is 0 Å². The van der Waals surface area contributed by atoms with Crippen LogP contribution in [0.25, 0.3) is 0 Å². The highest BCUT2D eigenvalue weighted by atomic mass is 16.5. The van der Waals surface area contributed by atoms with Gasteiger partial charge in [-0.15, -0.1) is 0 Å². The van der Waals surface area contributed by atoms with Crippen LogP contribution in [-0.4, -0.2) is 64.1 Å². The highest BCUT2D eigenvalue weighted by molar-refractivity contribution is 5.79. The molecule has 0 spiro atoms. The number of amides is 1. The maximum Gasteiger partial charge on any atom is 0.225 e. The van der Waals surface area contributed by atoms with Crippen LogP contribution in [0.2, 0.25) is 0 Å². The van der Waals surface area contributed by atoms with Crippen molar-refractivity contribution in [2.45, 2.75) is 45.3 Å². The lowest BCUT2D eigenvalue weighted by Gasteiger charge is -2.42. The molecule has 1 aromatic rings. The lowest BCUT2D eigenvalue weighted by atomic mass is 9.92. The summed E-state index contributed by atoms with van der Waals surface area (Å²) in [6.07, 6.45) is 6.79. The van der Waals surface area contributed by atoms with Gasteiger partial charge in [-0.1, -0.05) is 13.8 Å². The van der Waals surface area contributed by atoms with Gasteiger partial charge in [0.25, 0.3) is 0 Å². The topological polar surface area (TPSA) is 50.6 Å². The predicted molar refractivity (Wildman–Crippen MR) is 92.5 cm³/mol. The van der Waals surface area contributed by atoms with E-state index >= 15 is 0 Å². The van der Waals surface area contributed by atoms with Crippen LogP contribution in [0.5, 0.6) is 0 Å². The van der Waals surface area contributed by atoms with Crippen LogP contribution in [0.15, 0.2) is 12.4 Å². The van der Waals surface area contributed by atoms with Crippen molar-refractivity contribution >= 4 is 5.91 Å². The predicted octanol–water partition coefficient (Wildman–Crippen LogP) is 1.83. The van der Waals surface area contributed by atoms with Crippen molar-refractivity contribution in [1.82, 2.24) is 19.4 Å². The molecule has 2 fully saturated rings. The highest BCUT2D eigenvalue weighted by Gasteiger charge is 2.36. The molecular formula is C18H30N4O2. The average molecular weight is 334 g/mol. The fraction of sp³-hybridized carbons (Fsp3) is 0.778. The standard InChI is InChI=1S/C18H30N4O2/c1-4-15-12-14(6-11-24-15)18(23)22-10-9-21(5-2)16(13-22)17-19-7-8-20(17)3/h7-8,14-16H,4-6,9-13H2,1-3H3. The van der Waals surface area contributed by atoms with Crippen molar-refractivity contribution in [3.63, 3.8) is 0 Å². The average Bonchev–Trinajstić information content (AvgIpc) is 3.06. The zero-order valence-corrected chi connectivity index (χ0v) is 15.1. The summed E-state index contributed by atoms with van der Waals surface area (Å²) in [6.45, 7) is 8.49. The minimum atomic E-state index is 0.124. The number of carbonyl (C=O) groups is 1. The second-order valence-corrected chi connectivity index (χ2v) is 6.95. The summed E-state index contributed by atoms with van der Waals surface area (Å²) in [7, 11) is 2.03. The largest absolute Gasteiger partial charge is 0.378 e. The summed E-state index contributed by atoms with van der Waals surface area (Å²) in [5, 5.41) is 0. The first-order valence-electron chi connectivity index (χ1n) is 9.25.